The van der Waals surface area contributed by atoms with Crippen LogP contribution in [0, 0.1) is 0 Å². The summed E-state index contributed by atoms with van der Waals surface area (Å²) in [4.78, 5) is 14.0. The lowest BCUT2D eigenvalue weighted by Crippen LogP contribution is -2.38. The average Bonchev–Trinajstić information content (AvgIpc) is 2.67. The Kier molecular flexibility index (Phi) is 9.24. The summed E-state index contributed by atoms with van der Waals surface area (Å²) < 4.78 is 11.4. The molecular weight excluding hydrogens is 314 g/mol. The molecule has 0 unspecified atom stereocenters. The minimum absolute atomic E-state index is 0.0862. The molecule has 1 aromatic rings. The lowest BCUT2D eigenvalue weighted by molar-refractivity contribution is -0.134. The number of ether oxygens (including phenoxy) is 2. The van der Waals surface area contributed by atoms with Gasteiger partial charge in [0, 0.05) is 13.1 Å². The number of hydrogen-bond acceptors (Lipinski definition) is 3. The van der Waals surface area contributed by atoms with Crippen LogP contribution in [0.3, 0.4) is 0 Å². The van der Waals surface area contributed by atoms with Crippen molar-refractivity contribution in [3.8, 4) is 11.5 Å². The molecule has 1 amide bonds. The second kappa shape index (κ2) is 11.8. The maximum Gasteiger partial charge on any atom is 0.260 e. The van der Waals surface area contributed by atoms with Crippen LogP contribution in [0.5, 0.6) is 11.5 Å². The summed E-state index contributed by atoms with van der Waals surface area (Å²) in [6.07, 6.45) is 11.0. The van der Waals surface area contributed by atoms with Crippen molar-refractivity contribution in [2.45, 2.75) is 64.7 Å². The van der Waals surface area contributed by atoms with E-state index in [1.165, 1.54) is 38.5 Å². The topological polar surface area (TPSA) is 38.8 Å². The van der Waals surface area contributed by atoms with Crippen molar-refractivity contribution >= 4 is 5.91 Å². The van der Waals surface area contributed by atoms with Gasteiger partial charge < -0.3 is 14.4 Å². The van der Waals surface area contributed by atoms with E-state index in [4.69, 9.17) is 9.47 Å². The van der Waals surface area contributed by atoms with Crippen LogP contribution in [0.1, 0.15) is 64.7 Å². The molecule has 1 saturated heterocycles. The minimum Gasteiger partial charge on any atom is -0.494 e. The Morgan fingerprint density at radius 2 is 1.48 bits per heavy atom. The van der Waals surface area contributed by atoms with Crippen molar-refractivity contribution in [2.75, 3.05) is 26.3 Å². The molecule has 0 bridgehead atoms. The predicted molar refractivity (Wildman–Crippen MR) is 101 cm³/mol. The highest BCUT2D eigenvalue weighted by Gasteiger charge is 2.16. The van der Waals surface area contributed by atoms with Crippen molar-refractivity contribution in [1.29, 1.82) is 0 Å². The summed E-state index contributed by atoms with van der Waals surface area (Å²) in [6.45, 7) is 4.86. The molecule has 1 fully saturated rings. The molecule has 0 spiro atoms. The van der Waals surface area contributed by atoms with E-state index < -0.39 is 0 Å². The van der Waals surface area contributed by atoms with Gasteiger partial charge in [0.2, 0.25) is 0 Å². The maximum absolute atomic E-state index is 12.1. The molecule has 1 aromatic carbocycles. The van der Waals surface area contributed by atoms with Crippen LogP contribution in [0.15, 0.2) is 24.3 Å². The van der Waals surface area contributed by atoms with Gasteiger partial charge in [-0.15, -0.1) is 0 Å². The van der Waals surface area contributed by atoms with E-state index in [9.17, 15) is 4.79 Å². The van der Waals surface area contributed by atoms with Gasteiger partial charge in [-0.3, -0.25) is 4.79 Å². The van der Waals surface area contributed by atoms with Gasteiger partial charge in [-0.2, -0.15) is 0 Å². The second-order valence-corrected chi connectivity index (χ2v) is 6.82. The van der Waals surface area contributed by atoms with Crippen LogP contribution in [0.4, 0.5) is 0 Å². The number of carbonyl (C=O) groups is 1. The van der Waals surface area contributed by atoms with E-state index in [1.807, 2.05) is 29.2 Å². The molecule has 4 heteroatoms. The Morgan fingerprint density at radius 3 is 2.16 bits per heavy atom. The summed E-state index contributed by atoms with van der Waals surface area (Å²) >= 11 is 0. The first-order valence-electron chi connectivity index (χ1n) is 9.93. The molecule has 4 nitrogen and oxygen atoms in total. The number of benzene rings is 1. The SMILES string of the molecule is CCCCCCCCOc1ccc(OCC(=O)N2CCCCC2)cc1. The Bertz CT molecular complexity index is 480. The highest BCUT2D eigenvalue weighted by molar-refractivity contribution is 5.77. The first-order valence-corrected chi connectivity index (χ1v) is 9.93. The average molecular weight is 347 g/mol. The van der Waals surface area contributed by atoms with Crippen LogP contribution in [-0.2, 0) is 4.79 Å². The number of amides is 1. The largest absolute Gasteiger partial charge is 0.494 e. The molecule has 1 aliphatic rings. The maximum atomic E-state index is 12.1. The van der Waals surface area contributed by atoms with E-state index in [-0.39, 0.29) is 12.5 Å². The van der Waals surface area contributed by atoms with Crippen LogP contribution in [0.25, 0.3) is 0 Å². The fraction of sp³-hybridized carbons (Fsp3) is 0.667. The Balaban J connectivity index is 1.60. The van der Waals surface area contributed by atoms with Gasteiger partial charge in [0.05, 0.1) is 6.61 Å². The molecule has 1 heterocycles. The summed E-state index contributed by atoms with van der Waals surface area (Å²) in [7, 11) is 0. The fourth-order valence-corrected chi connectivity index (χ4v) is 3.08. The van der Waals surface area contributed by atoms with E-state index >= 15 is 0 Å². The van der Waals surface area contributed by atoms with Gasteiger partial charge in [0.25, 0.3) is 5.91 Å². The summed E-state index contributed by atoms with van der Waals surface area (Å²) in [5, 5.41) is 0. The van der Waals surface area contributed by atoms with Crippen molar-refractivity contribution < 1.29 is 14.3 Å². The molecule has 0 N–H and O–H groups in total. The van der Waals surface area contributed by atoms with Crippen molar-refractivity contribution in [1.82, 2.24) is 4.90 Å². The van der Waals surface area contributed by atoms with Crippen LogP contribution in [-0.4, -0.2) is 37.1 Å². The highest BCUT2D eigenvalue weighted by Crippen LogP contribution is 2.18. The third kappa shape index (κ3) is 7.80. The lowest BCUT2D eigenvalue weighted by Gasteiger charge is -2.26. The number of hydrogen-bond donors (Lipinski definition) is 0. The highest BCUT2D eigenvalue weighted by atomic mass is 16.5. The zero-order chi connectivity index (χ0) is 17.7. The monoisotopic (exact) mass is 347 g/mol. The molecule has 0 atom stereocenters. The zero-order valence-electron chi connectivity index (χ0n) is 15.7. The number of nitrogens with zero attached hydrogens (tertiary/aromatic N) is 1. The summed E-state index contributed by atoms with van der Waals surface area (Å²) in [5.74, 6) is 1.67. The van der Waals surface area contributed by atoms with Crippen LogP contribution in [0.2, 0.25) is 0 Å². The zero-order valence-corrected chi connectivity index (χ0v) is 15.7. The first kappa shape index (κ1) is 19.6. The number of piperidine rings is 1. The molecule has 0 radical (unpaired) electrons. The van der Waals surface area contributed by atoms with Gasteiger partial charge in [-0.25, -0.2) is 0 Å². The predicted octanol–water partition coefficient (Wildman–Crippen LogP) is 4.82. The molecule has 0 aliphatic carbocycles. The standard InChI is InChI=1S/C21H33NO3/c1-2-3-4-5-6-10-17-24-19-11-13-20(14-12-19)25-18-21(23)22-15-8-7-9-16-22/h11-14H,2-10,15-18H2,1H3. The molecule has 140 valence electrons. The lowest BCUT2D eigenvalue weighted by atomic mass is 10.1. The summed E-state index contributed by atoms with van der Waals surface area (Å²) in [6, 6.07) is 7.58. The van der Waals surface area contributed by atoms with E-state index in [0.29, 0.717) is 0 Å². The second-order valence-electron chi connectivity index (χ2n) is 6.82. The molecule has 1 aliphatic heterocycles. The number of likely N-dealkylation sites (tertiary alicyclic amines) is 1. The van der Waals surface area contributed by atoms with Gasteiger partial charge in [-0.05, 0) is 49.9 Å². The van der Waals surface area contributed by atoms with Gasteiger partial charge in [0.1, 0.15) is 11.5 Å². The Labute approximate surface area is 152 Å². The minimum atomic E-state index is 0.0862. The molecule has 25 heavy (non-hydrogen) atoms. The number of unbranched alkanes of at least 4 members (excludes halogenated alkanes) is 5. The van der Waals surface area contributed by atoms with Crippen LogP contribution >= 0.6 is 0 Å². The smallest absolute Gasteiger partial charge is 0.260 e. The third-order valence-electron chi connectivity index (χ3n) is 4.66. The van der Waals surface area contributed by atoms with Crippen molar-refractivity contribution in [3.63, 3.8) is 0 Å². The number of carbonyl (C=O) groups excluding carboxylic acids is 1. The molecular formula is C21H33NO3. The first-order chi connectivity index (χ1) is 12.3. The Hall–Kier alpha value is -1.71. The summed E-state index contributed by atoms with van der Waals surface area (Å²) in [5.41, 5.74) is 0. The number of rotatable bonds is 11. The van der Waals surface area contributed by atoms with Crippen LogP contribution < -0.4 is 9.47 Å². The van der Waals surface area contributed by atoms with Crippen molar-refractivity contribution in [3.05, 3.63) is 24.3 Å². The van der Waals surface area contributed by atoms with Gasteiger partial charge in [0.15, 0.2) is 6.61 Å². The van der Waals surface area contributed by atoms with E-state index in [1.54, 1.807) is 0 Å². The van der Waals surface area contributed by atoms with Crippen molar-refractivity contribution in [2.24, 2.45) is 0 Å². The van der Waals surface area contributed by atoms with E-state index in [0.717, 1.165) is 50.5 Å². The quantitative estimate of drug-likeness (QED) is 0.539. The molecule has 0 aromatic heterocycles. The third-order valence-corrected chi connectivity index (χ3v) is 4.66. The van der Waals surface area contributed by atoms with Gasteiger partial charge in [-0.1, -0.05) is 39.0 Å². The van der Waals surface area contributed by atoms with Gasteiger partial charge >= 0.3 is 0 Å². The molecule has 2 rings (SSSR count). The normalized spacial score (nSPS) is 14.4. The van der Waals surface area contributed by atoms with E-state index in [2.05, 4.69) is 6.92 Å². The fourth-order valence-electron chi connectivity index (χ4n) is 3.08. The Morgan fingerprint density at radius 1 is 0.880 bits per heavy atom. The molecule has 0 saturated carbocycles.